The van der Waals surface area contributed by atoms with Crippen LogP contribution in [0.3, 0.4) is 0 Å². The maximum atomic E-state index is 13.4. The van der Waals surface area contributed by atoms with Crippen LogP contribution in [0.25, 0.3) is 16.8 Å². The zero-order chi connectivity index (χ0) is 20.8. The molecule has 0 aliphatic heterocycles. The largest absolute Gasteiger partial charge is 0.280 e. The van der Waals surface area contributed by atoms with Gasteiger partial charge in [-0.05, 0) is 28.7 Å². The Morgan fingerprint density at radius 1 is 0.800 bits per heavy atom. The van der Waals surface area contributed by atoms with Crippen LogP contribution in [0, 0.1) is 0 Å². The summed E-state index contributed by atoms with van der Waals surface area (Å²) in [6, 6.07) is 28.4. The molecule has 146 valence electrons. The summed E-state index contributed by atoms with van der Waals surface area (Å²) in [5.74, 6) is -0.805. The molecule has 2 amide bonds. The molecule has 0 spiro atoms. The second-order valence-electron chi connectivity index (χ2n) is 6.84. The average molecular weight is 392 g/mol. The summed E-state index contributed by atoms with van der Waals surface area (Å²) < 4.78 is 0. The van der Waals surface area contributed by atoms with Crippen molar-refractivity contribution in [3.05, 3.63) is 120 Å². The third-order valence-electron chi connectivity index (χ3n) is 4.79. The van der Waals surface area contributed by atoms with Gasteiger partial charge in [-0.25, -0.2) is 0 Å². The SMILES string of the molecule is O=C(/C=C/c1ccccc1)N(Cc1ccccc1)C(=O)c1nccc2ccccc12. The number of hydrogen-bond donors (Lipinski definition) is 0. The molecule has 0 radical (unpaired) electrons. The van der Waals surface area contributed by atoms with E-state index in [1.54, 1.807) is 12.3 Å². The Balaban J connectivity index is 1.70. The molecule has 30 heavy (non-hydrogen) atoms. The highest BCUT2D eigenvalue weighted by molar-refractivity contribution is 6.13. The predicted molar refractivity (Wildman–Crippen MR) is 119 cm³/mol. The van der Waals surface area contributed by atoms with Crippen LogP contribution in [-0.4, -0.2) is 21.7 Å². The average Bonchev–Trinajstić information content (AvgIpc) is 2.81. The molecule has 0 saturated carbocycles. The number of imide groups is 1. The van der Waals surface area contributed by atoms with Crippen LogP contribution >= 0.6 is 0 Å². The number of fused-ring (bicyclic) bond motifs is 1. The van der Waals surface area contributed by atoms with Crippen molar-refractivity contribution < 1.29 is 9.59 Å². The molecule has 1 aromatic heterocycles. The van der Waals surface area contributed by atoms with Crippen molar-refractivity contribution in [1.82, 2.24) is 9.88 Å². The van der Waals surface area contributed by atoms with Crippen LogP contribution in [0.5, 0.6) is 0 Å². The van der Waals surface area contributed by atoms with E-state index in [1.807, 2.05) is 91.0 Å². The Labute approximate surface area is 175 Å². The maximum Gasteiger partial charge on any atom is 0.280 e. The number of nitrogens with zero attached hydrogens (tertiary/aromatic N) is 2. The van der Waals surface area contributed by atoms with E-state index >= 15 is 0 Å². The van der Waals surface area contributed by atoms with E-state index in [0.29, 0.717) is 0 Å². The smallest absolute Gasteiger partial charge is 0.269 e. The molecule has 4 heteroatoms. The van der Waals surface area contributed by atoms with Crippen molar-refractivity contribution in [3.63, 3.8) is 0 Å². The number of rotatable bonds is 5. The van der Waals surface area contributed by atoms with E-state index in [4.69, 9.17) is 0 Å². The van der Waals surface area contributed by atoms with Crippen molar-refractivity contribution >= 4 is 28.7 Å². The van der Waals surface area contributed by atoms with E-state index in [0.717, 1.165) is 21.9 Å². The lowest BCUT2D eigenvalue weighted by atomic mass is 10.1. The van der Waals surface area contributed by atoms with Gasteiger partial charge in [-0.1, -0.05) is 84.9 Å². The molecule has 0 aliphatic rings. The minimum absolute atomic E-state index is 0.169. The van der Waals surface area contributed by atoms with Crippen molar-refractivity contribution in [2.45, 2.75) is 6.54 Å². The zero-order valence-electron chi connectivity index (χ0n) is 16.3. The van der Waals surface area contributed by atoms with E-state index in [9.17, 15) is 9.59 Å². The topological polar surface area (TPSA) is 50.3 Å². The third kappa shape index (κ3) is 4.33. The Morgan fingerprint density at radius 2 is 1.47 bits per heavy atom. The van der Waals surface area contributed by atoms with Crippen molar-refractivity contribution in [2.24, 2.45) is 0 Å². The summed E-state index contributed by atoms with van der Waals surface area (Å²) in [5.41, 5.74) is 2.03. The van der Waals surface area contributed by atoms with Crippen LogP contribution in [0.4, 0.5) is 0 Å². The fourth-order valence-electron chi connectivity index (χ4n) is 3.26. The molecule has 1 heterocycles. The Morgan fingerprint density at radius 3 is 2.23 bits per heavy atom. The van der Waals surface area contributed by atoms with E-state index in [2.05, 4.69) is 4.98 Å². The minimum Gasteiger partial charge on any atom is -0.269 e. The number of amides is 2. The van der Waals surface area contributed by atoms with Crippen molar-refractivity contribution in [1.29, 1.82) is 0 Å². The first-order valence-electron chi connectivity index (χ1n) is 9.69. The highest BCUT2D eigenvalue weighted by Crippen LogP contribution is 2.19. The van der Waals surface area contributed by atoms with Crippen LogP contribution < -0.4 is 0 Å². The normalized spacial score (nSPS) is 10.9. The first-order valence-corrected chi connectivity index (χ1v) is 9.69. The van der Waals surface area contributed by atoms with Gasteiger partial charge in [0.15, 0.2) is 0 Å². The molecular formula is C26H20N2O2. The Kier molecular flexibility index (Phi) is 5.76. The minimum atomic E-state index is -0.418. The molecule has 0 fully saturated rings. The van der Waals surface area contributed by atoms with Gasteiger partial charge in [0, 0.05) is 17.7 Å². The second kappa shape index (κ2) is 8.97. The van der Waals surface area contributed by atoms with Gasteiger partial charge in [0.2, 0.25) is 0 Å². The number of carbonyl (C=O) groups is 2. The molecule has 0 bridgehead atoms. The second-order valence-corrected chi connectivity index (χ2v) is 6.84. The van der Waals surface area contributed by atoms with E-state index in [-0.39, 0.29) is 18.1 Å². The van der Waals surface area contributed by atoms with Crippen LogP contribution in [0.15, 0.2) is 103 Å². The van der Waals surface area contributed by atoms with E-state index in [1.165, 1.54) is 11.0 Å². The predicted octanol–water partition coefficient (Wildman–Crippen LogP) is 5.12. The Bertz CT molecular complexity index is 1200. The summed E-state index contributed by atoms with van der Waals surface area (Å²) in [6.07, 6.45) is 4.74. The summed E-state index contributed by atoms with van der Waals surface area (Å²) in [5, 5.41) is 1.63. The molecule has 4 aromatic rings. The van der Waals surface area contributed by atoms with Gasteiger partial charge in [-0.15, -0.1) is 0 Å². The highest BCUT2D eigenvalue weighted by atomic mass is 16.2. The maximum absolute atomic E-state index is 13.4. The molecule has 4 rings (SSSR count). The lowest BCUT2D eigenvalue weighted by Crippen LogP contribution is -2.35. The molecule has 4 nitrogen and oxygen atoms in total. The van der Waals surface area contributed by atoms with Gasteiger partial charge >= 0.3 is 0 Å². The number of carbonyl (C=O) groups excluding carboxylic acids is 2. The number of hydrogen-bond acceptors (Lipinski definition) is 3. The van der Waals surface area contributed by atoms with Crippen LogP contribution in [0.2, 0.25) is 0 Å². The standard InChI is InChI=1S/C26H20N2O2/c29-24(16-15-20-9-3-1-4-10-20)28(19-21-11-5-2-6-12-21)26(30)25-23-14-8-7-13-22(23)17-18-27-25/h1-18H,19H2/b16-15+. The van der Waals surface area contributed by atoms with Gasteiger partial charge in [0.1, 0.15) is 5.69 Å². The molecule has 0 unspecified atom stereocenters. The van der Waals surface area contributed by atoms with Crippen molar-refractivity contribution in [3.8, 4) is 0 Å². The summed E-state index contributed by atoms with van der Waals surface area (Å²) in [4.78, 5) is 32.0. The lowest BCUT2D eigenvalue weighted by molar-refractivity contribution is -0.124. The lowest BCUT2D eigenvalue weighted by Gasteiger charge is -2.20. The number of benzene rings is 3. The monoisotopic (exact) mass is 392 g/mol. The molecule has 3 aromatic carbocycles. The third-order valence-corrected chi connectivity index (χ3v) is 4.79. The molecule has 0 saturated heterocycles. The summed E-state index contributed by atoms with van der Waals surface area (Å²) >= 11 is 0. The van der Waals surface area contributed by atoms with Gasteiger partial charge in [0.05, 0.1) is 6.54 Å². The highest BCUT2D eigenvalue weighted by Gasteiger charge is 2.24. The molecule has 0 N–H and O–H groups in total. The quantitative estimate of drug-likeness (QED) is 0.443. The molecular weight excluding hydrogens is 372 g/mol. The van der Waals surface area contributed by atoms with E-state index < -0.39 is 5.91 Å². The van der Waals surface area contributed by atoms with Gasteiger partial charge < -0.3 is 0 Å². The van der Waals surface area contributed by atoms with Gasteiger partial charge in [-0.3, -0.25) is 19.5 Å². The Hall–Kier alpha value is -4.05. The fraction of sp³-hybridized carbons (Fsp3) is 0.0385. The first kappa shape index (κ1) is 19.3. The molecule has 0 aliphatic carbocycles. The van der Waals surface area contributed by atoms with Gasteiger partial charge in [0.25, 0.3) is 11.8 Å². The first-order chi connectivity index (χ1) is 14.7. The summed E-state index contributed by atoms with van der Waals surface area (Å²) in [6.45, 7) is 0.169. The van der Waals surface area contributed by atoms with Crippen LogP contribution in [-0.2, 0) is 11.3 Å². The zero-order valence-corrected chi connectivity index (χ0v) is 16.3. The van der Waals surface area contributed by atoms with Crippen molar-refractivity contribution in [2.75, 3.05) is 0 Å². The number of aromatic nitrogens is 1. The molecule has 0 atom stereocenters. The number of pyridine rings is 1. The van der Waals surface area contributed by atoms with Crippen LogP contribution in [0.1, 0.15) is 21.6 Å². The van der Waals surface area contributed by atoms with Gasteiger partial charge in [-0.2, -0.15) is 0 Å². The fourth-order valence-corrected chi connectivity index (χ4v) is 3.26. The summed E-state index contributed by atoms with van der Waals surface area (Å²) in [7, 11) is 0.